The van der Waals surface area contributed by atoms with Crippen LogP contribution in [0, 0.1) is 23.7 Å². The van der Waals surface area contributed by atoms with Gasteiger partial charge in [-0.3, -0.25) is 5.10 Å². The highest BCUT2D eigenvalue weighted by Gasteiger charge is 2.49. The summed E-state index contributed by atoms with van der Waals surface area (Å²) in [4.78, 5) is 0. The molecule has 4 bridgehead atoms. The van der Waals surface area contributed by atoms with Gasteiger partial charge in [-0.05, 0) is 62.3 Å². The SMILES string of the molecule is CCNCc1cn[nH]c1C1C2CC3CC(C2)CC1C3. The summed E-state index contributed by atoms with van der Waals surface area (Å²) in [6.07, 6.45) is 9.51. The van der Waals surface area contributed by atoms with E-state index in [0.29, 0.717) is 0 Å². The minimum absolute atomic E-state index is 0.781. The van der Waals surface area contributed by atoms with Gasteiger partial charge in [-0.1, -0.05) is 6.92 Å². The number of nitrogens with zero attached hydrogens (tertiary/aromatic N) is 1. The highest BCUT2D eigenvalue weighted by atomic mass is 15.1. The smallest absolute Gasteiger partial charge is 0.0535 e. The topological polar surface area (TPSA) is 40.7 Å². The first-order valence-electron chi connectivity index (χ1n) is 8.08. The molecule has 5 rings (SSSR count). The van der Waals surface area contributed by atoms with E-state index in [0.717, 1.165) is 42.7 Å². The van der Waals surface area contributed by atoms with Crippen molar-refractivity contribution in [2.75, 3.05) is 6.54 Å². The predicted molar refractivity (Wildman–Crippen MR) is 75.8 cm³/mol. The van der Waals surface area contributed by atoms with Crippen molar-refractivity contribution < 1.29 is 0 Å². The van der Waals surface area contributed by atoms with Gasteiger partial charge < -0.3 is 5.32 Å². The number of aromatic amines is 1. The third kappa shape index (κ3) is 1.94. The van der Waals surface area contributed by atoms with Crippen LogP contribution >= 0.6 is 0 Å². The van der Waals surface area contributed by atoms with Gasteiger partial charge in [0.25, 0.3) is 0 Å². The van der Waals surface area contributed by atoms with E-state index < -0.39 is 0 Å². The van der Waals surface area contributed by atoms with Crippen LogP contribution in [-0.4, -0.2) is 16.7 Å². The van der Waals surface area contributed by atoms with Crippen molar-refractivity contribution in [1.29, 1.82) is 0 Å². The first-order valence-corrected chi connectivity index (χ1v) is 8.08. The minimum atomic E-state index is 0.781. The third-order valence-corrected chi connectivity index (χ3v) is 5.88. The Kier molecular flexibility index (Phi) is 2.91. The Hall–Kier alpha value is -0.830. The van der Waals surface area contributed by atoms with Crippen LogP contribution in [0.5, 0.6) is 0 Å². The van der Waals surface area contributed by atoms with E-state index in [-0.39, 0.29) is 0 Å². The quantitative estimate of drug-likeness (QED) is 0.872. The Morgan fingerprint density at radius 2 is 1.84 bits per heavy atom. The molecule has 4 aliphatic rings. The minimum Gasteiger partial charge on any atom is -0.313 e. The number of rotatable bonds is 4. The van der Waals surface area contributed by atoms with Gasteiger partial charge in [-0.15, -0.1) is 0 Å². The van der Waals surface area contributed by atoms with Crippen LogP contribution in [0.3, 0.4) is 0 Å². The monoisotopic (exact) mass is 259 g/mol. The Labute approximate surface area is 115 Å². The van der Waals surface area contributed by atoms with Gasteiger partial charge >= 0.3 is 0 Å². The Morgan fingerprint density at radius 1 is 1.16 bits per heavy atom. The fourth-order valence-corrected chi connectivity index (χ4v) is 5.41. The zero-order valence-electron chi connectivity index (χ0n) is 11.9. The molecule has 4 saturated carbocycles. The van der Waals surface area contributed by atoms with Crippen molar-refractivity contribution in [3.63, 3.8) is 0 Å². The second-order valence-corrected chi connectivity index (χ2v) is 7.05. The van der Waals surface area contributed by atoms with Gasteiger partial charge in [0, 0.05) is 23.7 Å². The van der Waals surface area contributed by atoms with E-state index in [1.54, 1.807) is 0 Å². The summed E-state index contributed by atoms with van der Waals surface area (Å²) >= 11 is 0. The molecule has 0 atom stereocenters. The van der Waals surface area contributed by atoms with Crippen molar-refractivity contribution in [2.45, 2.75) is 51.5 Å². The second kappa shape index (κ2) is 4.62. The van der Waals surface area contributed by atoms with Crippen LogP contribution in [0.4, 0.5) is 0 Å². The maximum Gasteiger partial charge on any atom is 0.0535 e. The molecule has 1 aromatic heterocycles. The molecule has 4 fully saturated rings. The standard InChI is InChI=1S/C16H25N3/c1-2-17-8-14-9-18-19-16(14)15-12-4-10-3-11(6-12)7-13(15)5-10/h9-13,15,17H,2-8H2,1H3,(H,18,19). The molecule has 0 amide bonds. The fourth-order valence-electron chi connectivity index (χ4n) is 5.41. The maximum atomic E-state index is 4.34. The number of aromatic nitrogens is 2. The zero-order valence-corrected chi connectivity index (χ0v) is 11.9. The first kappa shape index (κ1) is 12.0. The van der Waals surface area contributed by atoms with Crippen molar-refractivity contribution in [3.8, 4) is 0 Å². The molecule has 0 aliphatic heterocycles. The third-order valence-electron chi connectivity index (χ3n) is 5.88. The molecule has 2 N–H and O–H groups in total. The fraction of sp³-hybridized carbons (Fsp3) is 0.812. The number of nitrogens with one attached hydrogen (secondary N) is 2. The van der Waals surface area contributed by atoms with E-state index in [9.17, 15) is 0 Å². The molecule has 1 aromatic rings. The van der Waals surface area contributed by atoms with Gasteiger partial charge in [-0.2, -0.15) is 5.10 Å². The summed E-state index contributed by atoms with van der Waals surface area (Å²) in [6.45, 7) is 4.18. The lowest BCUT2D eigenvalue weighted by molar-refractivity contribution is -0.00446. The lowest BCUT2D eigenvalue weighted by Gasteiger charge is -2.54. The molecule has 0 spiro atoms. The average Bonchev–Trinajstić information content (AvgIpc) is 2.83. The van der Waals surface area contributed by atoms with Gasteiger partial charge in [0.1, 0.15) is 0 Å². The molecule has 0 saturated heterocycles. The largest absolute Gasteiger partial charge is 0.313 e. The molecule has 3 nitrogen and oxygen atoms in total. The molecule has 0 radical (unpaired) electrons. The summed E-state index contributed by atoms with van der Waals surface area (Å²) < 4.78 is 0. The van der Waals surface area contributed by atoms with Gasteiger partial charge in [0.2, 0.25) is 0 Å². The highest BCUT2D eigenvalue weighted by molar-refractivity contribution is 5.24. The number of hydrogen-bond donors (Lipinski definition) is 2. The van der Waals surface area contributed by atoms with Crippen LogP contribution in [0.1, 0.15) is 56.2 Å². The zero-order chi connectivity index (χ0) is 12.8. The summed E-state index contributed by atoms with van der Waals surface area (Å²) in [5.74, 6) is 4.77. The molecule has 0 aromatic carbocycles. The first-order chi connectivity index (χ1) is 9.35. The highest BCUT2D eigenvalue weighted by Crippen LogP contribution is 2.59. The average molecular weight is 259 g/mol. The van der Waals surface area contributed by atoms with Crippen molar-refractivity contribution in [1.82, 2.24) is 15.5 Å². The van der Waals surface area contributed by atoms with Crippen LogP contribution in [-0.2, 0) is 6.54 Å². The second-order valence-electron chi connectivity index (χ2n) is 7.05. The molecule has 1 heterocycles. The number of hydrogen-bond acceptors (Lipinski definition) is 2. The van der Waals surface area contributed by atoms with E-state index in [4.69, 9.17) is 0 Å². The summed E-state index contributed by atoms with van der Waals surface area (Å²) in [6, 6.07) is 0. The molecular weight excluding hydrogens is 234 g/mol. The van der Waals surface area contributed by atoms with Gasteiger partial charge in [0.15, 0.2) is 0 Å². The van der Waals surface area contributed by atoms with E-state index in [2.05, 4.69) is 22.4 Å². The number of H-pyrrole nitrogens is 1. The molecule has 19 heavy (non-hydrogen) atoms. The maximum absolute atomic E-state index is 4.34. The Balaban J connectivity index is 1.60. The van der Waals surface area contributed by atoms with E-state index >= 15 is 0 Å². The van der Waals surface area contributed by atoms with E-state index in [1.165, 1.54) is 43.4 Å². The van der Waals surface area contributed by atoms with Crippen molar-refractivity contribution in [3.05, 3.63) is 17.5 Å². The van der Waals surface area contributed by atoms with Crippen LogP contribution < -0.4 is 5.32 Å². The molecule has 104 valence electrons. The molecule has 0 unspecified atom stereocenters. The molecule has 3 heteroatoms. The Morgan fingerprint density at radius 3 is 2.47 bits per heavy atom. The normalized spacial score (nSPS) is 39.9. The summed E-state index contributed by atoms with van der Waals surface area (Å²) in [5.41, 5.74) is 2.88. The summed E-state index contributed by atoms with van der Waals surface area (Å²) in [7, 11) is 0. The van der Waals surface area contributed by atoms with Crippen molar-refractivity contribution in [2.24, 2.45) is 23.7 Å². The molecular formula is C16H25N3. The van der Waals surface area contributed by atoms with Crippen LogP contribution in [0.25, 0.3) is 0 Å². The van der Waals surface area contributed by atoms with E-state index in [1.807, 2.05) is 6.20 Å². The lowest BCUT2D eigenvalue weighted by Crippen LogP contribution is -2.44. The van der Waals surface area contributed by atoms with Crippen LogP contribution in [0.15, 0.2) is 6.20 Å². The lowest BCUT2D eigenvalue weighted by atomic mass is 9.51. The molecule has 4 aliphatic carbocycles. The predicted octanol–water partition coefficient (Wildman–Crippen LogP) is 3.06. The van der Waals surface area contributed by atoms with Crippen molar-refractivity contribution >= 4 is 0 Å². The van der Waals surface area contributed by atoms with Gasteiger partial charge in [0.05, 0.1) is 6.20 Å². The Bertz CT molecular complexity index is 423. The summed E-state index contributed by atoms with van der Waals surface area (Å²) in [5, 5.41) is 11.1. The van der Waals surface area contributed by atoms with Crippen LogP contribution in [0.2, 0.25) is 0 Å². The van der Waals surface area contributed by atoms with Gasteiger partial charge in [-0.25, -0.2) is 0 Å².